The SMILES string of the molecule is COc1ccc(NC(=O)c2cc3ccccc3oc2=Nc2cccc(C(F)(F)F)c2)cc1. The summed E-state index contributed by atoms with van der Waals surface area (Å²) in [6, 6.07) is 19.8. The molecule has 4 aromatic rings. The molecule has 3 aromatic carbocycles. The second kappa shape index (κ2) is 8.58. The van der Waals surface area contributed by atoms with Crippen LogP contribution in [0.5, 0.6) is 5.75 Å². The number of amides is 1. The van der Waals surface area contributed by atoms with Crippen LogP contribution in [0.2, 0.25) is 0 Å². The minimum atomic E-state index is -4.51. The Hall–Kier alpha value is -4.07. The van der Waals surface area contributed by atoms with Crippen molar-refractivity contribution in [3.8, 4) is 5.75 Å². The number of halogens is 3. The van der Waals surface area contributed by atoms with Gasteiger partial charge in [0.15, 0.2) is 0 Å². The molecule has 0 aliphatic carbocycles. The van der Waals surface area contributed by atoms with Crippen molar-refractivity contribution in [2.45, 2.75) is 6.18 Å². The van der Waals surface area contributed by atoms with E-state index in [1.54, 1.807) is 54.6 Å². The lowest BCUT2D eigenvalue weighted by molar-refractivity contribution is -0.137. The lowest BCUT2D eigenvalue weighted by Crippen LogP contribution is -2.21. The van der Waals surface area contributed by atoms with Gasteiger partial charge in [-0.25, -0.2) is 4.99 Å². The molecule has 162 valence electrons. The molecule has 1 N–H and O–H groups in total. The quantitative estimate of drug-likeness (QED) is 0.429. The Kier molecular flexibility index (Phi) is 5.68. The highest BCUT2D eigenvalue weighted by Crippen LogP contribution is 2.31. The predicted molar refractivity (Wildman–Crippen MR) is 114 cm³/mol. The van der Waals surface area contributed by atoms with E-state index in [-0.39, 0.29) is 16.8 Å². The van der Waals surface area contributed by atoms with Gasteiger partial charge in [0.05, 0.1) is 18.4 Å². The molecule has 0 saturated carbocycles. The number of carbonyl (C=O) groups excluding carboxylic acids is 1. The average Bonchev–Trinajstić information content (AvgIpc) is 2.78. The predicted octanol–water partition coefficient (Wildman–Crippen LogP) is 5.94. The molecular weight excluding hydrogens is 421 g/mol. The summed E-state index contributed by atoms with van der Waals surface area (Å²) < 4.78 is 50.1. The molecule has 0 aliphatic heterocycles. The number of nitrogens with one attached hydrogen (secondary N) is 1. The summed E-state index contributed by atoms with van der Waals surface area (Å²) in [6.45, 7) is 0. The number of anilines is 1. The number of methoxy groups -OCH3 is 1. The Morgan fingerprint density at radius 1 is 0.969 bits per heavy atom. The zero-order chi connectivity index (χ0) is 22.7. The van der Waals surface area contributed by atoms with Crippen LogP contribution in [-0.4, -0.2) is 13.0 Å². The van der Waals surface area contributed by atoms with Crippen LogP contribution in [0.15, 0.2) is 88.3 Å². The van der Waals surface area contributed by atoms with E-state index in [1.165, 1.54) is 19.2 Å². The van der Waals surface area contributed by atoms with Crippen molar-refractivity contribution in [2.24, 2.45) is 4.99 Å². The number of rotatable bonds is 4. The molecule has 8 heteroatoms. The first-order valence-corrected chi connectivity index (χ1v) is 9.54. The van der Waals surface area contributed by atoms with Gasteiger partial charge < -0.3 is 14.5 Å². The van der Waals surface area contributed by atoms with Crippen LogP contribution in [0.25, 0.3) is 11.0 Å². The zero-order valence-corrected chi connectivity index (χ0v) is 16.8. The van der Waals surface area contributed by atoms with E-state index >= 15 is 0 Å². The van der Waals surface area contributed by atoms with Crippen LogP contribution in [0, 0.1) is 0 Å². The van der Waals surface area contributed by atoms with Gasteiger partial charge in [0.1, 0.15) is 16.9 Å². The van der Waals surface area contributed by atoms with Gasteiger partial charge in [-0.2, -0.15) is 13.2 Å². The Morgan fingerprint density at radius 2 is 1.72 bits per heavy atom. The number of para-hydroxylation sites is 1. The van der Waals surface area contributed by atoms with Gasteiger partial charge in [0.25, 0.3) is 5.91 Å². The number of nitrogens with zero attached hydrogens (tertiary/aromatic N) is 1. The second-order valence-corrected chi connectivity index (χ2v) is 6.85. The summed E-state index contributed by atoms with van der Waals surface area (Å²) in [4.78, 5) is 17.2. The topological polar surface area (TPSA) is 63.8 Å². The lowest BCUT2D eigenvalue weighted by atomic mass is 10.1. The van der Waals surface area contributed by atoms with Gasteiger partial charge in [-0.15, -0.1) is 0 Å². The Morgan fingerprint density at radius 3 is 2.44 bits per heavy atom. The molecule has 1 aromatic heterocycles. The first kappa shape index (κ1) is 21.2. The molecule has 4 rings (SSSR count). The first-order chi connectivity index (χ1) is 15.3. The van der Waals surface area contributed by atoms with Crippen LogP contribution in [0.4, 0.5) is 24.5 Å². The highest BCUT2D eigenvalue weighted by Gasteiger charge is 2.30. The van der Waals surface area contributed by atoms with Crippen molar-refractivity contribution in [3.05, 3.63) is 95.5 Å². The first-order valence-electron chi connectivity index (χ1n) is 9.54. The van der Waals surface area contributed by atoms with E-state index in [2.05, 4.69) is 10.3 Å². The Labute approximate surface area is 180 Å². The van der Waals surface area contributed by atoms with Crippen molar-refractivity contribution < 1.29 is 27.1 Å². The Bertz CT molecular complexity index is 1340. The van der Waals surface area contributed by atoms with Crippen molar-refractivity contribution in [2.75, 3.05) is 12.4 Å². The third-order valence-electron chi connectivity index (χ3n) is 4.65. The molecule has 0 radical (unpaired) electrons. The van der Waals surface area contributed by atoms with Gasteiger partial charge in [-0.05, 0) is 54.6 Å². The van der Waals surface area contributed by atoms with Crippen LogP contribution in [0.1, 0.15) is 15.9 Å². The molecule has 1 heterocycles. The average molecular weight is 438 g/mol. The number of hydrogen-bond acceptors (Lipinski definition) is 4. The fraction of sp³-hybridized carbons (Fsp3) is 0.0833. The molecule has 1 amide bonds. The maximum Gasteiger partial charge on any atom is 0.416 e. The maximum absolute atomic E-state index is 13.1. The fourth-order valence-electron chi connectivity index (χ4n) is 3.06. The molecule has 0 atom stereocenters. The van der Waals surface area contributed by atoms with Crippen LogP contribution >= 0.6 is 0 Å². The lowest BCUT2D eigenvalue weighted by Gasteiger charge is -2.08. The van der Waals surface area contributed by atoms with Crippen molar-refractivity contribution in [1.82, 2.24) is 0 Å². The fourth-order valence-corrected chi connectivity index (χ4v) is 3.06. The molecule has 0 aliphatic rings. The summed E-state index contributed by atoms with van der Waals surface area (Å²) >= 11 is 0. The largest absolute Gasteiger partial charge is 0.497 e. The molecule has 0 spiro atoms. The minimum absolute atomic E-state index is 0.0114. The number of benzene rings is 3. The van der Waals surface area contributed by atoms with Gasteiger partial charge in [-0.1, -0.05) is 24.3 Å². The molecule has 32 heavy (non-hydrogen) atoms. The number of ether oxygens (including phenoxy) is 1. The molecule has 5 nitrogen and oxygen atoms in total. The molecule has 0 bridgehead atoms. The number of alkyl halides is 3. The summed E-state index contributed by atoms with van der Waals surface area (Å²) in [5, 5.41) is 3.39. The standard InChI is InChI=1S/C24H17F3N2O3/c1-31-19-11-9-17(10-12-19)28-22(30)20-13-15-5-2-3-8-21(15)32-23(20)29-18-7-4-6-16(14-18)24(25,26)27/h2-14H,1H3,(H,28,30). The van der Waals surface area contributed by atoms with Gasteiger partial charge in [0.2, 0.25) is 5.55 Å². The van der Waals surface area contributed by atoms with E-state index in [4.69, 9.17) is 9.15 Å². The van der Waals surface area contributed by atoms with Gasteiger partial charge >= 0.3 is 6.18 Å². The van der Waals surface area contributed by atoms with E-state index < -0.39 is 17.6 Å². The van der Waals surface area contributed by atoms with E-state index in [1.807, 2.05) is 0 Å². The monoisotopic (exact) mass is 438 g/mol. The molecule has 0 unspecified atom stereocenters. The molecule has 0 saturated heterocycles. The van der Waals surface area contributed by atoms with Gasteiger partial charge in [-0.3, -0.25) is 4.79 Å². The number of carbonyl (C=O) groups is 1. The number of fused-ring (bicyclic) bond motifs is 1. The summed E-state index contributed by atoms with van der Waals surface area (Å²) in [6.07, 6.45) is -4.51. The van der Waals surface area contributed by atoms with E-state index in [9.17, 15) is 18.0 Å². The van der Waals surface area contributed by atoms with Gasteiger partial charge in [0, 0.05) is 11.1 Å². The minimum Gasteiger partial charge on any atom is -0.497 e. The summed E-state index contributed by atoms with van der Waals surface area (Å²) in [5.41, 5.74) is 0.0975. The summed E-state index contributed by atoms with van der Waals surface area (Å²) in [7, 11) is 1.53. The van der Waals surface area contributed by atoms with Crippen LogP contribution in [0.3, 0.4) is 0 Å². The van der Waals surface area contributed by atoms with Crippen LogP contribution < -0.4 is 15.6 Å². The smallest absolute Gasteiger partial charge is 0.416 e. The molecular formula is C24H17F3N2O3. The van der Waals surface area contributed by atoms with Crippen LogP contribution in [-0.2, 0) is 6.18 Å². The third kappa shape index (κ3) is 4.64. The maximum atomic E-state index is 13.1. The van der Waals surface area contributed by atoms with Crippen molar-refractivity contribution in [1.29, 1.82) is 0 Å². The zero-order valence-electron chi connectivity index (χ0n) is 16.8. The third-order valence-corrected chi connectivity index (χ3v) is 4.65. The van der Waals surface area contributed by atoms with E-state index in [0.717, 1.165) is 12.1 Å². The summed E-state index contributed by atoms with van der Waals surface area (Å²) in [5.74, 6) is 0.110. The normalized spacial score (nSPS) is 12.1. The second-order valence-electron chi connectivity index (χ2n) is 6.85. The molecule has 0 fully saturated rings. The highest BCUT2D eigenvalue weighted by molar-refractivity contribution is 6.05. The highest BCUT2D eigenvalue weighted by atomic mass is 19.4. The van der Waals surface area contributed by atoms with E-state index in [0.29, 0.717) is 22.4 Å². The van der Waals surface area contributed by atoms with Crippen molar-refractivity contribution in [3.63, 3.8) is 0 Å². The number of hydrogen-bond donors (Lipinski definition) is 1. The van der Waals surface area contributed by atoms with Crippen molar-refractivity contribution >= 4 is 28.3 Å². The Balaban J connectivity index is 1.80.